The molecule has 4 atom stereocenters. The van der Waals surface area contributed by atoms with Crippen molar-refractivity contribution >= 4 is 16.9 Å². The number of nitrogens with zero attached hydrogens (tertiary/aromatic N) is 3. The molecule has 1 saturated heterocycles. The molecule has 0 amide bonds. The molecule has 0 radical (unpaired) electrons. The summed E-state index contributed by atoms with van der Waals surface area (Å²) in [5.41, 5.74) is 4.80. The minimum absolute atomic E-state index is 0.0206. The van der Waals surface area contributed by atoms with Crippen molar-refractivity contribution in [2.75, 3.05) is 6.61 Å². The summed E-state index contributed by atoms with van der Waals surface area (Å²) in [7, 11) is 0. The van der Waals surface area contributed by atoms with E-state index in [-0.39, 0.29) is 16.7 Å². The fraction of sp³-hybridized carbons (Fsp3) is 0.455. The van der Waals surface area contributed by atoms with Gasteiger partial charge in [0, 0.05) is 0 Å². The van der Waals surface area contributed by atoms with Gasteiger partial charge in [0.15, 0.2) is 11.9 Å². The molecule has 0 bridgehead atoms. The average molecular weight is 310 g/mol. The molecule has 0 aromatic carbocycles. The number of rotatable bonds is 3. The van der Waals surface area contributed by atoms with Crippen LogP contribution in [0.2, 0.25) is 0 Å². The second-order valence-electron chi connectivity index (χ2n) is 4.87. The third-order valence-electron chi connectivity index (χ3n) is 3.51. The van der Waals surface area contributed by atoms with Crippen LogP contribution in [0, 0.1) is 5.41 Å². The molecule has 1 fully saturated rings. The first-order valence-corrected chi connectivity index (χ1v) is 6.38. The summed E-state index contributed by atoms with van der Waals surface area (Å²) in [6.07, 6.45) is -3.74. The van der Waals surface area contributed by atoms with Gasteiger partial charge in [-0.1, -0.05) is 0 Å². The molecule has 7 N–H and O–H groups in total. The molecule has 118 valence electrons. The normalized spacial score (nSPS) is 28.3. The van der Waals surface area contributed by atoms with Gasteiger partial charge < -0.3 is 30.8 Å². The molecule has 2 aromatic rings. The Morgan fingerprint density at radius 1 is 1.50 bits per heavy atom. The molecule has 1 aliphatic heterocycles. The number of nitrogens with one attached hydrogen (secondary N) is 2. The molecule has 11 heteroatoms. The van der Waals surface area contributed by atoms with Crippen LogP contribution in [0.15, 0.2) is 11.1 Å². The minimum atomic E-state index is -1.39. The Morgan fingerprint density at radius 3 is 2.82 bits per heavy atom. The smallest absolute Gasteiger partial charge is 0.262 e. The molecule has 3 rings (SSSR count). The van der Waals surface area contributed by atoms with Crippen molar-refractivity contribution in [2.24, 2.45) is 5.73 Å². The highest BCUT2D eigenvalue weighted by molar-refractivity contribution is 6.04. The highest BCUT2D eigenvalue weighted by Crippen LogP contribution is 2.30. The van der Waals surface area contributed by atoms with E-state index in [4.69, 9.17) is 21.0 Å². The molecular formula is C11H14N6O5. The maximum atomic E-state index is 11.9. The summed E-state index contributed by atoms with van der Waals surface area (Å²) < 4.78 is 6.42. The Labute approximate surface area is 122 Å². The van der Waals surface area contributed by atoms with Crippen molar-refractivity contribution in [3.8, 4) is 0 Å². The van der Waals surface area contributed by atoms with Crippen LogP contribution in [0.1, 0.15) is 11.9 Å². The van der Waals surface area contributed by atoms with E-state index in [0.29, 0.717) is 0 Å². The summed E-state index contributed by atoms with van der Waals surface area (Å²) >= 11 is 0. The number of H-pyrrole nitrogens is 1. The highest BCUT2D eigenvalue weighted by atomic mass is 16.6. The first kappa shape index (κ1) is 14.6. The number of nitrogen functional groups attached to an aromatic ring is 1. The lowest BCUT2D eigenvalue weighted by Crippen LogP contribution is -2.33. The van der Waals surface area contributed by atoms with Gasteiger partial charge in [-0.3, -0.25) is 10.2 Å². The number of hydrogen-bond donors (Lipinski definition) is 6. The highest BCUT2D eigenvalue weighted by Gasteiger charge is 2.44. The van der Waals surface area contributed by atoms with E-state index in [1.165, 1.54) is 0 Å². The van der Waals surface area contributed by atoms with Crippen LogP contribution in [0.25, 0.3) is 11.0 Å². The first-order chi connectivity index (χ1) is 10.5. The van der Waals surface area contributed by atoms with Crippen molar-refractivity contribution in [1.29, 1.82) is 5.41 Å². The number of aromatic nitrogens is 4. The lowest BCUT2D eigenvalue weighted by Gasteiger charge is -2.15. The number of ether oxygens (including phenoxy) is 1. The number of hydrogen-bond acceptors (Lipinski definition) is 8. The number of amidine groups is 1. The summed E-state index contributed by atoms with van der Waals surface area (Å²) in [5.74, 6) is -0.450. The Hall–Kier alpha value is -2.34. The van der Waals surface area contributed by atoms with E-state index >= 15 is 0 Å². The van der Waals surface area contributed by atoms with Gasteiger partial charge in [0.05, 0.1) is 12.9 Å². The SMILES string of the molecule is N=C(N)c1nn(C2O[C@H](CO)[C@H](O)[C@@H]2O)c2nc[nH]c(=O)c12. The van der Waals surface area contributed by atoms with Crippen LogP contribution in [0.3, 0.4) is 0 Å². The van der Waals surface area contributed by atoms with Crippen LogP contribution in [-0.2, 0) is 4.74 Å². The largest absolute Gasteiger partial charge is 0.394 e. The molecule has 22 heavy (non-hydrogen) atoms. The molecule has 0 saturated carbocycles. The van der Waals surface area contributed by atoms with Crippen LogP contribution in [0.4, 0.5) is 0 Å². The van der Waals surface area contributed by atoms with Crippen LogP contribution < -0.4 is 11.3 Å². The van der Waals surface area contributed by atoms with Crippen LogP contribution >= 0.6 is 0 Å². The molecule has 1 aliphatic rings. The fourth-order valence-electron chi connectivity index (χ4n) is 2.43. The van der Waals surface area contributed by atoms with Gasteiger partial charge in [0.1, 0.15) is 35.2 Å². The monoisotopic (exact) mass is 310 g/mol. The topological polar surface area (TPSA) is 183 Å². The molecule has 0 spiro atoms. The summed E-state index contributed by atoms with van der Waals surface area (Å²) in [5, 5.41) is 40.4. The lowest BCUT2D eigenvalue weighted by molar-refractivity contribution is -0.0566. The van der Waals surface area contributed by atoms with Gasteiger partial charge in [-0.2, -0.15) is 5.10 Å². The van der Waals surface area contributed by atoms with Gasteiger partial charge in [-0.15, -0.1) is 0 Å². The minimum Gasteiger partial charge on any atom is -0.394 e. The van der Waals surface area contributed by atoms with Gasteiger partial charge in [0.2, 0.25) is 0 Å². The maximum absolute atomic E-state index is 11.9. The zero-order valence-electron chi connectivity index (χ0n) is 11.2. The lowest BCUT2D eigenvalue weighted by atomic mass is 10.1. The second kappa shape index (κ2) is 5.14. The fourth-order valence-corrected chi connectivity index (χ4v) is 2.43. The van der Waals surface area contributed by atoms with E-state index in [1.807, 2.05) is 0 Å². The van der Waals surface area contributed by atoms with E-state index in [1.54, 1.807) is 0 Å². The molecule has 3 heterocycles. The number of aliphatic hydroxyl groups excluding tert-OH is 3. The molecule has 1 unspecified atom stereocenters. The van der Waals surface area contributed by atoms with Gasteiger partial charge >= 0.3 is 0 Å². The van der Waals surface area contributed by atoms with Crippen molar-refractivity contribution < 1.29 is 20.1 Å². The van der Waals surface area contributed by atoms with E-state index in [0.717, 1.165) is 11.0 Å². The standard InChI is InChI=1S/C11H14N6O5/c12-8(13)5-4-9(14-2-15-10(4)21)17(16-5)11-7(20)6(19)3(1-18)22-11/h2-3,6-7,11,18-20H,1H2,(H3,12,13)(H,14,15,21)/t3-,6+,7+,11?/m1/s1. The van der Waals surface area contributed by atoms with E-state index in [9.17, 15) is 15.0 Å². The molecule has 2 aromatic heterocycles. The summed E-state index contributed by atoms with van der Waals surface area (Å²) in [6, 6.07) is 0. The zero-order valence-corrected chi connectivity index (χ0v) is 11.2. The third-order valence-corrected chi connectivity index (χ3v) is 3.51. The number of aromatic amines is 1. The molecular weight excluding hydrogens is 296 g/mol. The Morgan fingerprint density at radius 2 is 2.23 bits per heavy atom. The third kappa shape index (κ3) is 1.99. The maximum Gasteiger partial charge on any atom is 0.262 e. The predicted molar refractivity (Wildman–Crippen MR) is 72.2 cm³/mol. The van der Waals surface area contributed by atoms with Gasteiger partial charge in [-0.05, 0) is 0 Å². The zero-order chi connectivity index (χ0) is 16.0. The molecule has 0 aliphatic carbocycles. The van der Waals surface area contributed by atoms with Crippen molar-refractivity contribution in [1.82, 2.24) is 19.7 Å². The Balaban J connectivity index is 2.18. The van der Waals surface area contributed by atoms with Gasteiger partial charge in [-0.25, -0.2) is 9.67 Å². The second-order valence-corrected chi connectivity index (χ2v) is 4.87. The van der Waals surface area contributed by atoms with Crippen LogP contribution in [0.5, 0.6) is 0 Å². The molecule has 11 nitrogen and oxygen atoms in total. The Bertz CT molecular complexity index is 785. The van der Waals surface area contributed by atoms with E-state index < -0.39 is 42.5 Å². The van der Waals surface area contributed by atoms with E-state index in [2.05, 4.69) is 15.1 Å². The quantitative estimate of drug-likeness (QED) is 0.256. The summed E-state index contributed by atoms with van der Waals surface area (Å²) in [6.45, 7) is -0.499. The summed E-state index contributed by atoms with van der Waals surface area (Å²) in [4.78, 5) is 18.2. The number of nitrogens with two attached hydrogens (primary N) is 1. The first-order valence-electron chi connectivity index (χ1n) is 6.38. The van der Waals surface area contributed by atoms with Crippen molar-refractivity contribution in [2.45, 2.75) is 24.5 Å². The van der Waals surface area contributed by atoms with Crippen molar-refractivity contribution in [3.05, 3.63) is 22.4 Å². The Kier molecular flexibility index (Phi) is 3.41. The van der Waals surface area contributed by atoms with Crippen molar-refractivity contribution in [3.63, 3.8) is 0 Å². The van der Waals surface area contributed by atoms with Crippen LogP contribution in [-0.4, -0.2) is 65.8 Å². The predicted octanol–water partition coefficient (Wildman–Crippen LogP) is -2.98. The number of aliphatic hydroxyl groups is 3. The average Bonchev–Trinajstić information content (AvgIpc) is 3.00. The van der Waals surface area contributed by atoms with Gasteiger partial charge in [0.25, 0.3) is 5.56 Å². The number of fused-ring (bicyclic) bond motifs is 1.